The lowest BCUT2D eigenvalue weighted by molar-refractivity contribution is -0.124. The molecule has 0 fully saturated rings. The molecule has 0 aromatic carbocycles. The summed E-state index contributed by atoms with van der Waals surface area (Å²) in [6.07, 6.45) is -0.681. The van der Waals surface area contributed by atoms with Gasteiger partial charge in [0, 0.05) is 0 Å². The fraction of sp³-hybridized carbons (Fsp3) is 0.857. The molecule has 0 aliphatic rings. The summed E-state index contributed by atoms with van der Waals surface area (Å²) >= 11 is 0. The monoisotopic (exact) mass is 333 g/mol. The van der Waals surface area contributed by atoms with Gasteiger partial charge in [-0.15, -0.1) is 0 Å². The third-order valence-electron chi connectivity index (χ3n) is 3.57. The summed E-state index contributed by atoms with van der Waals surface area (Å²) in [4.78, 5) is 23.6. The first-order valence-corrected chi connectivity index (χ1v) is 10.2. The topological polar surface area (TPSA) is 103 Å². The van der Waals surface area contributed by atoms with Crippen molar-refractivity contribution in [2.45, 2.75) is 71.3 Å². The maximum absolute atomic E-state index is 11.8. The van der Waals surface area contributed by atoms with Crippen molar-refractivity contribution < 1.29 is 18.8 Å². The number of hydrazine groups is 1. The molecule has 0 aromatic heterocycles. The second-order valence-electron chi connectivity index (χ2n) is 7.78. The molecule has 0 aromatic rings. The van der Waals surface area contributed by atoms with Crippen molar-refractivity contribution in [1.82, 2.24) is 10.7 Å². The standard InChI is InChI=1S/C14H31N3O4Si/c1-13(2,3)21-12(19)16-10(11(18)17-15)9-20-22(7,8)14(4,5)6/h10H,9,15H2,1-8H3,(H,16,19)(H,17,18). The smallest absolute Gasteiger partial charge is 0.408 e. The summed E-state index contributed by atoms with van der Waals surface area (Å²) in [6, 6.07) is -0.894. The van der Waals surface area contributed by atoms with Crippen molar-refractivity contribution in [2.24, 2.45) is 5.84 Å². The van der Waals surface area contributed by atoms with E-state index in [9.17, 15) is 9.59 Å². The zero-order valence-electron chi connectivity index (χ0n) is 15.0. The Hall–Kier alpha value is -1.12. The number of nitrogens with one attached hydrogen (secondary N) is 2. The van der Waals surface area contributed by atoms with Crippen molar-refractivity contribution in [3.05, 3.63) is 0 Å². The highest BCUT2D eigenvalue weighted by Gasteiger charge is 2.38. The molecule has 22 heavy (non-hydrogen) atoms. The predicted octanol–water partition coefficient (Wildman–Crippen LogP) is 1.89. The van der Waals surface area contributed by atoms with Crippen molar-refractivity contribution >= 4 is 20.3 Å². The lowest BCUT2D eigenvalue weighted by Gasteiger charge is -2.37. The molecule has 0 aliphatic heterocycles. The second-order valence-corrected chi connectivity index (χ2v) is 12.6. The largest absolute Gasteiger partial charge is 0.444 e. The Kier molecular flexibility index (Phi) is 7.05. The Morgan fingerprint density at radius 2 is 1.64 bits per heavy atom. The van der Waals surface area contributed by atoms with Crippen LogP contribution in [0.2, 0.25) is 18.1 Å². The van der Waals surface area contributed by atoms with Gasteiger partial charge in [-0.2, -0.15) is 0 Å². The molecule has 0 bridgehead atoms. The molecular weight excluding hydrogens is 302 g/mol. The van der Waals surface area contributed by atoms with Crippen LogP contribution < -0.4 is 16.6 Å². The van der Waals surface area contributed by atoms with Crippen molar-refractivity contribution in [3.8, 4) is 0 Å². The zero-order valence-corrected chi connectivity index (χ0v) is 16.0. The van der Waals surface area contributed by atoms with Crippen LogP contribution >= 0.6 is 0 Å². The summed E-state index contributed by atoms with van der Waals surface area (Å²) in [7, 11) is -2.04. The lowest BCUT2D eigenvalue weighted by Crippen LogP contribution is -2.54. The van der Waals surface area contributed by atoms with E-state index in [4.69, 9.17) is 15.0 Å². The molecule has 1 atom stereocenters. The van der Waals surface area contributed by atoms with Crippen LogP contribution in [0.25, 0.3) is 0 Å². The molecule has 0 rings (SSSR count). The molecule has 0 aliphatic carbocycles. The van der Waals surface area contributed by atoms with E-state index >= 15 is 0 Å². The first-order valence-electron chi connectivity index (χ1n) is 7.33. The van der Waals surface area contributed by atoms with Gasteiger partial charge in [0.25, 0.3) is 5.91 Å². The van der Waals surface area contributed by atoms with Gasteiger partial charge >= 0.3 is 6.09 Å². The van der Waals surface area contributed by atoms with Crippen LogP contribution in [0.4, 0.5) is 4.79 Å². The van der Waals surface area contributed by atoms with E-state index < -0.39 is 32.0 Å². The summed E-state index contributed by atoms with van der Waals surface area (Å²) in [5.41, 5.74) is 1.39. The average molecular weight is 334 g/mol. The number of amides is 2. The SMILES string of the molecule is CC(C)(C)OC(=O)NC(CO[Si](C)(C)C(C)(C)C)C(=O)NN. The minimum Gasteiger partial charge on any atom is -0.444 e. The van der Waals surface area contributed by atoms with Gasteiger partial charge in [0.05, 0.1) is 6.61 Å². The molecule has 0 saturated heterocycles. The molecule has 4 N–H and O–H groups in total. The van der Waals surface area contributed by atoms with Crippen LogP contribution in [-0.4, -0.2) is 38.6 Å². The van der Waals surface area contributed by atoms with Crippen LogP contribution in [0, 0.1) is 0 Å². The van der Waals surface area contributed by atoms with E-state index in [2.05, 4.69) is 39.2 Å². The number of alkyl carbamates (subject to hydrolysis) is 1. The van der Waals surface area contributed by atoms with E-state index in [0.717, 1.165) is 0 Å². The van der Waals surface area contributed by atoms with Crippen LogP contribution in [0.3, 0.4) is 0 Å². The molecule has 7 nitrogen and oxygen atoms in total. The van der Waals surface area contributed by atoms with Crippen molar-refractivity contribution in [2.75, 3.05) is 6.61 Å². The number of hydrogen-bond donors (Lipinski definition) is 3. The lowest BCUT2D eigenvalue weighted by atomic mass is 10.2. The highest BCUT2D eigenvalue weighted by molar-refractivity contribution is 6.74. The fourth-order valence-electron chi connectivity index (χ4n) is 1.24. The Morgan fingerprint density at radius 3 is 2.00 bits per heavy atom. The van der Waals surface area contributed by atoms with Crippen LogP contribution in [-0.2, 0) is 14.0 Å². The van der Waals surface area contributed by atoms with Gasteiger partial charge in [-0.25, -0.2) is 10.6 Å². The molecule has 0 spiro atoms. The highest BCUT2D eigenvalue weighted by Crippen LogP contribution is 2.36. The Balaban J connectivity index is 4.82. The van der Waals surface area contributed by atoms with Crippen LogP contribution in [0.5, 0.6) is 0 Å². The van der Waals surface area contributed by atoms with Gasteiger partial charge < -0.3 is 14.5 Å². The van der Waals surface area contributed by atoms with Crippen LogP contribution in [0.1, 0.15) is 41.5 Å². The molecule has 0 heterocycles. The zero-order chi connectivity index (χ0) is 17.8. The third-order valence-corrected chi connectivity index (χ3v) is 8.07. The summed E-state index contributed by atoms with van der Waals surface area (Å²) in [5.74, 6) is 4.64. The van der Waals surface area contributed by atoms with Gasteiger partial charge in [0.15, 0.2) is 8.32 Å². The van der Waals surface area contributed by atoms with Crippen LogP contribution in [0.15, 0.2) is 0 Å². The van der Waals surface area contributed by atoms with Gasteiger partial charge in [0.1, 0.15) is 11.6 Å². The van der Waals surface area contributed by atoms with Gasteiger partial charge in [-0.3, -0.25) is 10.2 Å². The number of carbonyl (C=O) groups excluding carboxylic acids is 2. The van der Waals surface area contributed by atoms with E-state index in [1.54, 1.807) is 20.8 Å². The van der Waals surface area contributed by atoms with Gasteiger partial charge in [-0.05, 0) is 38.9 Å². The van der Waals surface area contributed by atoms with Gasteiger partial charge in [0.2, 0.25) is 0 Å². The number of carbonyl (C=O) groups is 2. The summed E-state index contributed by atoms with van der Waals surface area (Å²) in [5, 5.41) is 2.49. The first kappa shape index (κ1) is 20.9. The number of nitrogens with two attached hydrogens (primary N) is 1. The third kappa shape index (κ3) is 7.23. The first-order chi connectivity index (χ1) is 9.69. The average Bonchev–Trinajstić information content (AvgIpc) is 2.29. The summed E-state index contributed by atoms with van der Waals surface area (Å²) in [6.45, 7) is 15.7. The molecule has 2 amide bonds. The van der Waals surface area contributed by atoms with E-state index in [-0.39, 0.29) is 11.6 Å². The number of hydrogen-bond acceptors (Lipinski definition) is 5. The minimum atomic E-state index is -2.04. The maximum atomic E-state index is 11.8. The van der Waals surface area contributed by atoms with E-state index in [0.29, 0.717) is 0 Å². The molecule has 130 valence electrons. The van der Waals surface area contributed by atoms with Gasteiger partial charge in [-0.1, -0.05) is 20.8 Å². The Bertz CT molecular complexity index is 400. The molecule has 0 radical (unpaired) electrons. The van der Waals surface area contributed by atoms with E-state index in [1.807, 2.05) is 5.43 Å². The Labute approximate surface area is 134 Å². The quantitative estimate of drug-likeness (QED) is 0.308. The normalized spacial score (nSPS) is 14.2. The summed E-state index contributed by atoms with van der Waals surface area (Å²) < 4.78 is 11.1. The molecular formula is C14H31N3O4Si. The predicted molar refractivity (Wildman–Crippen MR) is 88.6 cm³/mol. The number of ether oxygens (including phenoxy) is 1. The minimum absolute atomic E-state index is 0.00264. The second kappa shape index (κ2) is 7.43. The maximum Gasteiger partial charge on any atom is 0.408 e. The molecule has 8 heteroatoms. The van der Waals surface area contributed by atoms with E-state index in [1.165, 1.54) is 0 Å². The van der Waals surface area contributed by atoms with Crippen molar-refractivity contribution in [3.63, 3.8) is 0 Å². The highest BCUT2D eigenvalue weighted by atomic mass is 28.4. The van der Waals surface area contributed by atoms with Crippen molar-refractivity contribution in [1.29, 1.82) is 0 Å². The molecule has 0 saturated carbocycles. The fourth-order valence-corrected chi connectivity index (χ4v) is 2.26. The molecule has 1 unspecified atom stereocenters. The Morgan fingerprint density at radius 1 is 1.14 bits per heavy atom. The number of rotatable bonds is 5.